The summed E-state index contributed by atoms with van der Waals surface area (Å²) in [6.07, 6.45) is 0.935. The number of nitrogens with one attached hydrogen (secondary N) is 1. The van der Waals surface area contributed by atoms with Crippen LogP contribution in [0.1, 0.15) is 19.6 Å². The summed E-state index contributed by atoms with van der Waals surface area (Å²) in [5.41, 5.74) is 0. The summed E-state index contributed by atoms with van der Waals surface area (Å²) < 4.78 is 10.4. The van der Waals surface area contributed by atoms with Gasteiger partial charge in [-0.15, -0.1) is 0 Å². The molecule has 0 saturated heterocycles. The largest absolute Gasteiger partial charge is 0.467 e. The second-order valence-corrected chi connectivity index (χ2v) is 4.45. The van der Waals surface area contributed by atoms with Crippen LogP contribution in [0, 0.1) is 0 Å². The maximum Gasteiger partial charge on any atom is 0.236 e. The number of ether oxygens (including phenoxy) is 1. The van der Waals surface area contributed by atoms with E-state index in [-0.39, 0.29) is 19.1 Å². The van der Waals surface area contributed by atoms with Gasteiger partial charge in [-0.2, -0.15) is 0 Å². The summed E-state index contributed by atoms with van der Waals surface area (Å²) in [4.78, 5) is 13.4. The first-order chi connectivity index (χ1) is 9.67. The van der Waals surface area contributed by atoms with Crippen molar-refractivity contribution in [3.8, 4) is 0 Å². The summed E-state index contributed by atoms with van der Waals surface area (Å²) >= 11 is 0. The third-order valence-electron chi connectivity index (χ3n) is 2.91. The third-order valence-corrected chi connectivity index (χ3v) is 2.91. The molecule has 0 aliphatic rings. The van der Waals surface area contributed by atoms with Gasteiger partial charge in [0.25, 0.3) is 0 Å². The van der Waals surface area contributed by atoms with E-state index in [1.807, 2.05) is 19.9 Å². The first-order valence-electron chi connectivity index (χ1n) is 6.94. The number of hydrogen-bond acceptors (Lipinski definition) is 5. The van der Waals surface area contributed by atoms with Crippen LogP contribution in [0.3, 0.4) is 0 Å². The number of carbonyl (C=O) groups is 1. The second kappa shape index (κ2) is 9.52. The number of nitrogens with zero attached hydrogens (tertiary/aromatic N) is 1. The van der Waals surface area contributed by atoms with E-state index in [1.165, 1.54) is 0 Å². The lowest BCUT2D eigenvalue weighted by Crippen LogP contribution is -2.40. The van der Waals surface area contributed by atoms with Gasteiger partial charge in [0, 0.05) is 19.6 Å². The van der Waals surface area contributed by atoms with Gasteiger partial charge in [-0.25, -0.2) is 0 Å². The Labute approximate surface area is 119 Å². The van der Waals surface area contributed by atoms with Crippen LogP contribution in [0.5, 0.6) is 0 Å². The Morgan fingerprint density at radius 2 is 2.25 bits per heavy atom. The van der Waals surface area contributed by atoms with Crippen molar-refractivity contribution in [3.63, 3.8) is 0 Å². The minimum atomic E-state index is -0.644. The average molecular weight is 284 g/mol. The van der Waals surface area contributed by atoms with Gasteiger partial charge in [-0.3, -0.25) is 4.79 Å². The number of aliphatic hydroxyl groups is 1. The molecule has 1 aromatic heterocycles. The van der Waals surface area contributed by atoms with Crippen molar-refractivity contribution in [1.29, 1.82) is 0 Å². The minimum Gasteiger partial charge on any atom is -0.467 e. The summed E-state index contributed by atoms with van der Waals surface area (Å²) in [5.74, 6) is 0.764. The molecule has 0 fully saturated rings. The quantitative estimate of drug-likeness (QED) is 0.658. The van der Waals surface area contributed by atoms with E-state index >= 15 is 0 Å². The number of rotatable bonds is 10. The first-order valence-corrected chi connectivity index (χ1v) is 6.94. The Morgan fingerprint density at radius 1 is 1.50 bits per heavy atom. The predicted molar refractivity (Wildman–Crippen MR) is 75.2 cm³/mol. The van der Waals surface area contributed by atoms with Crippen LogP contribution in [-0.2, 0) is 16.1 Å². The van der Waals surface area contributed by atoms with E-state index in [0.717, 1.165) is 5.76 Å². The molecular formula is C14H24N2O4. The maximum absolute atomic E-state index is 11.7. The molecule has 0 aromatic carbocycles. The zero-order chi connectivity index (χ0) is 14.8. The molecule has 0 bridgehead atoms. The lowest BCUT2D eigenvalue weighted by atomic mass is 10.3. The lowest BCUT2D eigenvalue weighted by molar-refractivity contribution is -0.129. The van der Waals surface area contributed by atoms with Crippen LogP contribution < -0.4 is 5.32 Å². The third kappa shape index (κ3) is 6.18. The van der Waals surface area contributed by atoms with Gasteiger partial charge < -0.3 is 24.5 Å². The number of likely N-dealkylation sites (N-methyl/N-ethyl adjacent to an activating group) is 1. The van der Waals surface area contributed by atoms with Crippen LogP contribution in [-0.4, -0.2) is 54.8 Å². The summed E-state index contributed by atoms with van der Waals surface area (Å²) in [6.45, 7) is 6.38. The number of furan rings is 1. The second-order valence-electron chi connectivity index (χ2n) is 4.45. The van der Waals surface area contributed by atoms with Gasteiger partial charge in [0.2, 0.25) is 5.91 Å². The van der Waals surface area contributed by atoms with E-state index in [0.29, 0.717) is 26.2 Å². The summed E-state index contributed by atoms with van der Waals surface area (Å²) in [6, 6.07) is 3.60. The monoisotopic (exact) mass is 284 g/mol. The van der Waals surface area contributed by atoms with E-state index in [2.05, 4.69) is 5.32 Å². The fourth-order valence-electron chi connectivity index (χ4n) is 1.78. The Hall–Kier alpha value is -1.37. The van der Waals surface area contributed by atoms with Gasteiger partial charge in [0.1, 0.15) is 12.4 Å². The molecule has 1 heterocycles. The molecule has 0 saturated carbocycles. The lowest BCUT2D eigenvalue weighted by Gasteiger charge is -2.19. The van der Waals surface area contributed by atoms with Crippen molar-refractivity contribution in [2.45, 2.75) is 26.6 Å². The van der Waals surface area contributed by atoms with Crippen molar-refractivity contribution in [3.05, 3.63) is 24.2 Å². The van der Waals surface area contributed by atoms with Gasteiger partial charge in [0.15, 0.2) is 0 Å². The van der Waals surface area contributed by atoms with E-state index in [9.17, 15) is 9.90 Å². The molecule has 1 aromatic rings. The molecule has 6 heteroatoms. The highest BCUT2D eigenvalue weighted by atomic mass is 16.5. The number of carbonyl (C=O) groups excluding carboxylic acids is 1. The highest BCUT2D eigenvalue weighted by Gasteiger charge is 2.10. The smallest absolute Gasteiger partial charge is 0.236 e. The fourth-order valence-corrected chi connectivity index (χ4v) is 1.78. The predicted octanol–water partition coefficient (Wildman–Crippen LogP) is 0.615. The molecule has 0 radical (unpaired) electrons. The van der Waals surface area contributed by atoms with Crippen LogP contribution in [0.4, 0.5) is 0 Å². The zero-order valence-corrected chi connectivity index (χ0v) is 12.2. The molecule has 1 rings (SSSR count). The van der Waals surface area contributed by atoms with Crippen LogP contribution in [0.2, 0.25) is 0 Å². The van der Waals surface area contributed by atoms with Crippen molar-refractivity contribution < 1.29 is 19.1 Å². The Bertz CT molecular complexity index is 363. The molecule has 0 spiro atoms. The molecular weight excluding hydrogens is 260 g/mol. The molecule has 1 amide bonds. The van der Waals surface area contributed by atoms with Gasteiger partial charge in [-0.05, 0) is 26.0 Å². The number of hydrogen-bond donors (Lipinski definition) is 2. The molecule has 1 unspecified atom stereocenters. The van der Waals surface area contributed by atoms with Crippen molar-refractivity contribution in [2.24, 2.45) is 0 Å². The van der Waals surface area contributed by atoms with E-state index in [4.69, 9.17) is 9.15 Å². The normalized spacial score (nSPS) is 12.3. The molecule has 1 atom stereocenters. The average Bonchev–Trinajstić information content (AvgIpc) is 2.93. The molecule has 20 heavy (non-hydrogen) atoms. The van der Waals surface area contributed by atoms with Crippen molar-refractivity contribution in [2.75, 3.05) is 32.8 Å². The van der Waals surface area contributed by atoms with Crippen LogP contribution >= 0.6 is 0 Å². The van der Waals surface area contributed by atoms with Crippen LogP contribution in [0.15, 0.2) is 22.8 Å². The standard InChI is InChI=1S/C14H24N2O4/c1-3-16(4-2)14(18)9-15-8-12(17)10-19-11-13-6-5-7-20-13/h5-7,12,15,17H,3-4,8-11H2,1-2H3. The van der Waals surface area contributed by atoms with Gasteiger partial charge >= 0.3 is 0 Å². The van der Waals surface area contributed by atoms with Crippen molar-refractivity contribution >= 4 is 5.91 Å². The Kier molecular flexibility index (Phi) is 7.94. The molecule has 6 nitrogen and oxygen atoms in total. The Morgan fingerprint density at radius 3 is 2.85 bits per heavy atom. The highest BCUT2D eigenvalue weighted by Crippen LogP contribution is 2.01. The van der Waals surface area contributed by atoms with Gasteiger partial charge in [-0.1, -0.05) is 0 Å². The highest BCUT2D eigenvalue weighted by molar-refractivity contribution is 5.78. The topological polar surface area (TPSA) is 74.9 Å². The molecule has 0 aliphatic heterocycles. The van der Waals surface area contributed by atoms with Gasteiger partial charge in [0.05, 0.1) is 25.5 Å². The Balaban J connectivity index is 2.07. The van der Waals surface area contributed by atoms with Crippen LogP contribution in [0.25, 0.3) is 0 Å². The van der Waals surface area contributed by atoms with E-state index < -0.39 is 6.10 Å². The summed E-state index contributed by atoms with van der Waals surface area (Å²) in [5, 5.41) is 12.6. The molecule has 114 valence electrons. The van der Waals surface area contributed by atoms with E-state index in [1.54, 1.807) is 17.2 Å². The fraction of sp³-hybridized carbons (Fsp3) is 0.643. The summed E-state index contributed by atoms with van der Waals surface area (Å²) in [7, 11) is 0. The SMILES string of the molecule is CCN(CC)C(=O)CNCC(O)COCc1ccco1. The maximum atomic E-state index is 11.7. The number of aliphatic hydroxyl groups excluding tert-OH is 1. The zero-order valence-electron chi connectivity index (χ0n) is 12.2. The molecule has 2 N–H and O–H groups in total. The number of amides is 1. The molecule has 0 aliphatic carbocycles. The first kappa shape index (κ1) is 16.7. The minimum absolute atomic E-state index is 0.0405. The van der Waals surface area contributed by atoms with Crippen molar-refractivity contribution in [1.82, 2.24) is 10.2 Å².